The van der Waals surface area contributed by atoms with E-state index >= 15 is 0 Å². The number of sulfonamides is 1. The van der Waals surface area contributed by atoms with Gasteiger partial charge in [0.15, 0.2) is 0 Å². The molecule has 0 bridgehead atoms. The first-order valence-electron chi connectivity index (χ1n) is 7.45. The molecule has 0 fully saturated rings. The van der Waals surface area contributed by atoms with Crippen LogP contribution in [0.15, 0.2) is 53.4 Å². The van der Waals surface area contributed by atoms with Gasteiger partial charge in [-0.3, -0.25) is 4.72 Å². The Bertz CT molecular complexity index is 834. The van der Waals surface area contributed by atoms with Gasteiger partial charge >= 0.3 is 5.97 Å². The first-order chi connectivity index (χ1) is 11.1. The number of rotatable bonds is 4. The zero-order valence-corrected chi connectivity index (χ0v) is 15.0. The van der Waals surface area contributed by atoms with E-state index in [1.165, 1.54) is 31.4 Å². The van der Waals surface area contributed by atoms with Crippen molar-refractivity contribution in [2.75, 3.05) is 11.8 Å². The standard InChI is InChI=1S/C18H21NO4S/c1-18(2,3)14-8-10-15(11-9-14)19-24(21,22)16-7-5-6-13(12-16)17(20)23-4/h5-12,19H,1-4H3. The van der Waals surface area contributed by atoms with Crippen molar-refractivity contribution in [2.24, 2.45) is 0 Å². The zero-order chi connectivity index (χ0) is 18.0. The van der Waals surface area contributed by atoms with Crippen LogP contribution >= 0.6 is 0 Å². The Morgan fingerprint density at radius 3 is 2.21 bits per heavy atom. The fraction of sp³-hybridized carbons (Fsp3) is 0.278. The van der Waals surface area contributed by atoms with Crippen molar-refractivity contribution in [1.82, 2.24) is 0 Å². The summed E-state index contributed by atoms with van der Waals surface area (Å²) in [5.41, 5.74) is 1.75. The van der Waals surface area contributed by atoms with Crippen molar-refractivity contribution in [3.63, 3.8) is 0 Å². The molecule has 2 aromatic carbocycles. The molecule has 6 heteroatoms. The summed E-state index contributed by atoms with van der Waals surface area (Å²) >= 11 is 0. The fourth-order valence-corrected chi connectivity index (χ4v) is 3.26. The number of carbonyl (C=O) groups excluding carboxylic acids is 1. The minimum absolute atomic E-state index is 0.00491. The molecule has 0 saturated heterocycles. The van der Waals surface area contributed by atoms with Crippen molar-refractivity contribution >= 4 is 21.7 Å². The van der Waals surface area contributed by atoms with Gasteiger partial charge < -0.3 is 4.74 Å². The SMILES string of the molecule is COC(=O)c1cccc(S(=O)(=O)Nc2ccc(C(C)(C)C)cc2)c1. The Morgan fingerprint density at radius 1 is 1.04 bits per heavy atom. The summed E-state index contributed by atoms with van der Waals surface area (Å²) in [6.45, 7) is 6.26. The van der Waals surface area contributed by atoms with Crippen LogP contribution in [0.25, 0.3) is 0 Å². The minimum Gasteiger partial charge on any atom is -0.465 e. The highest BCUT2D eigenvalue weighted by molar-refractivity contribution is 7.92. The minimum atomic E-state index is -3.78. The average Bonchev–Trinajstić information content (AvgIpc) is 2.53. The lowest BCUT2D eigenvalue weighted by Gasteiger charge is -2.19. The van der Waals surface area contributed by atoms with Crippen LogP contribution in [-0.2, 0) is 20.2 Å². The molecule has 2 rings (SSSR count). The van der Waals surface area contributed by atoms with Crippen LogP contribution in [0.2, 0.25) is 0 Å². The van der Waals surface area contributed by atoms with Gasteiger partial charge in [-0.05, 0) is 41.3 Å². The van der Waals surface area contributed by atoms with Gasteiger partial charge in [0.2, 0.25) is 0 Å². The van der Waals surface area contributed by atoms with E-state index in [0.717, 1.165) is 5.56 Å². The third kappa shape index (κ3) is 4.14. The van der Waals surface area contributed by atoms with E-state index in [9.17, 15) is 13.2 Å². The summed E-state index contributed by atoms with van der Waals surface area (Å²) in [5, 5.41) is 0. The second kappa shape index (κ2) is 6.65. The summed E-state index contributed by atoms with van der Waals surface area (Å²) in [5.74, 6) is -0.582. The summed E-state index contributed by atoms with van der Waals surface area (Å²) < 4.78 is 32.1. The van der Waals surface area contributed by atoms with Gasteiger partial charge in [-0.25, -0.2) is 13.2 Å². The highest BCUT2D eigenvalue weighted by atomic mass is 32.2. The lowest BCUT2D eigenvalue weighted by molar-refractivity contribution is 0.0600. The summed E-state index contributed by atoms with van der Waals surface area (Å²) in [4.78, 5) is 11.5. The van der Waals surface area contributed by atoms with Gasteiger partial charge in [0, 0.05) is 5.69 Å². The van der Waals surface area contributed by atoms with Crippen molar-refractivity contribution in [1.29, 1.82) is 0 Å². The van der Waals surface area contributed by atoms with E-state index in [4.69, 9.17) is 0 Å². The van der Waals surface area contributed by atoms with E-state index < -0.39 is 16.0 Å². The van der Waals surface area contributed by atoms with E-state index in [1.54, 1.807) is 12.1 Å². The molecule has 0 spiro atoms. The Kier molecular flexibility index (Phi) is 4.99. The number of hydrogen-bond donors (Lipinski definition) is 1. The van der Waals surface area contributed by atoms with Crippen LogP contribution in [-0.4, -0.2) is 21.5 Å². The molecule has 0 amide bonds. The maximum Gasteiger partial charge on any atom is 0.337 e. The molecule has 0 aliphatic carbocycles. The molecule has 128 valence electrons. The first kappa shape index (κ1) is 18.0. The summed E-state index contributed by atoms with van der Waals surface area (Å²) in [6.07, 6.45) is 0. The lowest BCUT2D eigenvalue weighted by atomic mass is 9.87. The predicted molar refractivity (Wildman–Crippen MR) is 93.7 cm³/mol. The Morgan fingerprint density at radius 2 is 1.67 bits per heavy atom. The molecular formula is C18H21NO4S. The Hall–Kier alpha value is -2.34. The zero-order valence-electron chi connectivity index (χ0n) is 14.2. The Balaban J connectivity index is 2.27. The third-order valence-electron chi connectivity index (χ3n) is 3.57. The van der Waals surface area contributed by atoms with Gasteiger partial charge in [-0.15, -0.1) is 0 Å². The second-order valence-corrected chi connectivity index (χ2v) is 8.13. The number of esters is 1. The highest BCUT2D eigenvalue weighted by Gasteiger charge is 2.18. The van der Waals surface area contributed by atoms with Crippen molar-refractivity contribution in [3.05, 3.63) is 59.7 Å². The van der Waals surface area contributed by atoms with Gasteiger partial charge in [-0.1, -0.05) is 39.0 Å². The average molecular weight is 347 g/mol. The number of ether oxygens (including phenoxy) is 1. The second-order valence-electron chi connectivity index (χ2n) is 6.45. The largest absolute Gasteiger partial charge is 0.465 e. The number of hydrogen-bond acceptors (Lipinski definition) is 4. The predicted octanol–water partition coefficient (Wildman–Crippen LogP) is 3.57. The Labute approximate surface area is 142 Å². The number of methoxy groups -OCH3 is 1. The molecule has 0 saturated carbocycles. The molecule has 0 atom stereocenters. The van der Waals surface area contributed by atoms with Crippen LogP contribution < -0.4 is 4.72 Å². The molecular weight excluding hydrogens is 326 g/mol. The quantitative estimate of drug-likeness (QED) is 0.858. The number of carbonyl (C=O) groups is 1. The maximum atomic E-state index is 12.5. The van der Waals surface area contributed by atoms with Crippen LogP contribution in [0.4, 0.5) is 5.69 Å². The monoisotopic (exact) mass is 347 g/mol. The number of anilines is 1. The van der Waals surface area contributed by atoms with Crippen LogP contribution in [0.3, 0.4) is 0 Å². The molecule has 0 aromatic heterocycles. The molecule has 0 aliphatic rings. The molecule has 1 N–H and O–H groups in total. The third-order valence-corrected chi connectivity index (χ3v) is 4.95. The normalized spacial score (nSPS) is 11.8. The topological polar surface area (TPSA) is 72.5 Å². The van der Waals surface area contributed by atoms with Crippen LogP contribution in [0, 0.1) is 0 Å². The first-order valence-corrected chi connectivity index (χ1v) is 8.93. The number of benzene rings is 2. The smallest absolute Gasteiger partial charge is 0.337 e. The molecule has 0 unspecified atom stereocenters. The van der Waals surface area contributed by atoms with E-state index in [-0.39, 0.29) is 15.9 Å². The molecule has 0 radical (unpaired) electrons. The molecule has 2 aromatic rings. The van der Waals surface area contributed by atoms with Gasteiger partial charge in [0.1, 0.15) is 0 Å². The van der Waals surface area contributed by atoms with Gasteiger partial charge in [0.25, 0.3) is 10.0 Å². The van der Waals surface area contributed by atoms with E-state index in [2.05, 4.69) is 30.2 Å². The van der Waals surface area contributed by atoms with Crippen molar-refractivity contribution in [2.45, 2.75) is 31.1 Å². The van der Waals surface area contributed by atoms with Crippen LogP contribution in [0.1, 0.15) is 36.7 Å². The van der Waals surface area contributed by atoms with E-state index in [0.29, 0.717) is 5.69 Å². The lowest BCUT2D eigenvalue weighted by Crippen LogP contribution is -2.15. The number of nitrogens with one attached hydrogen (secondary N) is 1. The van der Waals surface area contributed by atoms with Gasteiger partial charge in [0.05, 0.1) is 17.6 Å². The van der Waals surface area contributed by atoms with Crippen molar-refractivity contribution in [3.8, 4) is 0 Å². The molecule has 24 heavy (non-hydrogen) atoms. The molecule has 5 nitrogen and oxygen atoms in total. The molecule has 0 heterocycles. The summed E-state index contributed by atoms with van der Waals surface area (Å²) in [7, 11) is -2.54. The highest BCUT2D eigenvalue weighted by Crippen LogP contribution is 2.24. The van der Waals surface area contributed by atoms with Crippen LogP contribution in [0.5, 0.6) is 0 Å². The van der Waals surface area contributed by atoms with E-state index in [1.807, 2.05) is 12.1 Å². The van der Waals surface area contributed by atoms with Gasteiger partial charge in [-0.2, -0.15) is 0 Å². The summed E-state index contributed by atoms with van der Waals surface area (Å²) in [6, 6.07) is 13.0. The molecule has 0 aliphatic heterocycles. The maximum absolute atomic E-state index is 12.5. The van der Waals surface area contributed by atoms with Crippen molar-refractivity contribution < 1.29 is 17.9 Å². The fourth-order valence-electron chi connectivity index (χ4n) is 2.16.